The summed E-state index contributed by atoms with van der Waals surface area (Å²) >= 11 is 3.26. The predicted molar refractivity (Wildman–Crippen MR) is 123 cm³/mol. The van der Waals surface area contributed by atoms with Gasteiger partial charge in [-0.05, 0) is 60.5 Å². The van der Waals surface area contributed by atoms with Crippen LogP contribution in [-0.2, 0) is 27.4 Å². The van der Waals surface area contributed by atoms with Crippen molar-refractivity contribution in [1.82, 2.24) is 4.31 Å². The van der Waals surface area contributed by atoms with Crippen molar-refractivity contribution in [1.29, 1.82) is 0 Å². The molecule has 0 aliphatic heterocycles. The fourth-order valence-electron chi connectivity index (χ4n) is 3.04. The molecule has 0 atom stereocenters. The standard InChI is InChI=1S/C23H20BrF3N2O3S/c24-19-8-12-21(13-9-19)33(31,32)29(15-14-17-4-2-1-3-5-17)16-22(30)28-20-10-6-18(7-11-20)23(25,26)27/h1-13H,14-16H2,(H,28,30). The molecule has 0 bridgehead atoms. The van der Waals surface area contributed by atoms with Crippen molar-refractivity contribution in [3.05, 3.63) is 94.5 Å². The summed E-state index contributed by atoms with van der Waals surface area (Å²) in [6.07, 6.45) is -4.11. The first-order chi connectivity index (χ1) is 15.6. The minimum absolute atomic E-state index is 0.0288. The summed E-state index contributed by atoms with van der Waals surface area (Å²) in [5.41, 5.74) is 0.191. The third-order valence-corrected chi connectivity index (χ3v) is 7.15. The lowest BCUT2D eigenvalue weighted by Crippen LogP contribution is -2.39. The summed E-state index contributed by atoms with van der Waals surface area (Å²) in [4.78, 5) is 12.6. The Bertz CT molecular complexity index is 1180. The van der Waals surface area contributed by atoms with E-state index >= 15 is 0 Å². The smallest absolute Gasteiger partial charge is 0.325 e. The molecule has 10 heteroatoms. The van der Waals surface area contributed by atoms with Gasteiger partial charge in [-0.2, -0.15) is 17.5 Å². The molecule has 0 aliphatic carbocycles. The molecule has 0 heterocycles. The Labute approximate surface area is 198 Å². The highest BCUT2D eigenvalue weighted by Crippen LogP contribution is 2.29. The van der Waals surface area contributed by atoms with E-state index in [9.17, 15) is 26.4 Å². The Kier molecular flexibility index (Phi) is 7.93. The zero-order valence-corrected chi connectivity index (χ0v) is 19.6. The number of amides is 1. The molecule has 0 radical (unpaired) electrons. The molecule has 0 unspecified atom stereocenters. The minimum atomic E-state index is -4.49. The highest BCUT2D eigenvalue weighted by atomic mass is 79.9. The van der Waals surface area contributed by atoms with Gasteiger partial charge in [0, 0.05) is 16.7 Å². The number of hydrogen-bond donors (Lipinski definition) is 1. The zero-order valence-electron chi connectivity index (χ0n) is 17.2. The van der Waals surface area contributed by atoms with Crippen molar-refractivity contribution in [2.75, 3.05) is 18.4 Å². The van der Waals surface area contributed by atoms with Gasteiger partial charge in [-0.1, -0.05) is 46.3 Å². The van der Waals surface area contributed by atoms with Gasteiger partial charge in [0.2, 0.25) is 15.9 Å². The average molecular weight is 541 g/mol. The van der Waals surface area contributed by atoms with E-state index in [1.165, 1.54) is 12.1 Å². The average Bonchev–Trinajstić information content (AvgIpc) is 2.77. The topological polar surface area (TPSA) is 66.5 Å². The summed E-state index contributed by atoms with van der Waals surface area (Å²) in [6, 6.07) is 19.2. The third-order valence-electron chi connectivity index (χ3n) is 4.76. The number of sulfonamides is 1. The number of carbonyl (C=O) groups is 1. The maximum Gasteiger partial charge on any atom is 0.416 e. The van der Waals surface area contributed by atoms with Crippen molar-refractivity contribution in [3.63, 3.8) is 0 Å². The van der Waals surface area contributed by atoms with E-state index in [1.54, 1.807) is 12.1 Å². The number of carbonyl (C=O) groups excluding carboxylic acids is 1. The number of nitrogens with one attached hydrogen (secondary N) is 1. The third kappa shape index (κ3) is 6.89. The molecule has 0 aliphatic rings. The van der Waals surface area contributed by atoms with Gasteiger partial charge in [0.15, 0.2) is 0 Å². The van der Waals surface area contributed by atoms with Gasteiger partial charge in [0.1, 0.15) is 0 Å². The monoisotopic (exact) mass is 540 g/mol. The molecule has 3 aromatic rings. The van der Waals surface area contributed by atoms with Crippen LogP contribution in [0.4, 0.5) is 18.9 Å². The van der Waals surface area contributed by atoms with Crippen LogP contribution in [0.5, 0.6) is 0 Å². The maximum absolute atomic E-state index is 13.2. The molecular formula is C23H20BrF3N2O3S. The van der Waals surface area contributed by atoms with Crippen LogP contribution in [-0.4, -0.2) is 31.7 Å². The van der Waals surface area contributed by atoms with Crippen LogP contribution >= 0.6 is 15.9 Å². The maximum atomic E-state index is 13.2. The van der Waals surface area contributed by atoms with Crippen molar-refractivity contribution in [2.24, 2.45) is 0 Å². The van der Waals surface area contributed by atoms with E-state index in [0.717, 1.165) is 34.1 Å². The SMILES string of the molecule is O=C(CN(CCc1ccccc1)S(=O)(=O)c1ccc(Br)cc1)Nc1ccc(C(F)(F)F)cc1. The first-order valence-electron chi connectivity index (χ1n) is 9.82. The molecule has 1 amide bonds. The van der Waals surface area contributed by atoms with Crippen molar-refractivity contribution in [3.8, 4) is 0 Å². The normalized spacial score (nSPS) is 12.0. The number of rotatable bonds is 8. The zero-order chi connectivity index (χ0) is 24.1. The fraction of sp³-hybridized carbons (Fsp3) is 0.174. The Morgan fingerprint density at radius 1 is 0.909 bits per heavy atom. The molecule has 1 N–H and O–H groups in total. The first-order valence-corrected chi connectivity index (χ1v) is 12.1. The molecule has 174 valence electrons. The van der Waals surface area contributed by atoms with Gasteiger partial charge in [-0.25, -0.2) is 8.42 Å². The molecule has 33 heavy (non-hydrogen) atoms. The van der Waals surface area contributed by atoms with Crippen LogP contribution in [0.3, 0.4) is 0 Å². The van der Waals surface area contributed by atoms with Crippen LogP contribution in [0.1, 0.15) is 11.1 Å². The lowest BCUT2D eigenvalue weighted by Gasteiger charge is -2.22. The van der Waals surface area contributed by atoms with Crippen molar-refractivity contribution < 1.29 is 26.4 Å². The van der Waals surface area contributed by atoms with E-state index in [2.05, 4.69) is 21.2 Å². The number of hydrogen-bond acceptors (Lipinski definition) is 3. The lowest BCUT2D eigenvalue weighted by molar-refractivity contribution is -0.137. The predicted octanol–water partition coefficient (Wildman–Crippen LogP) is 5.34. The van der Waals surface area contributed by atoms with Crippen LogP contribution < -0.4 is 5.32 Å². The summed E-state index contributed by atoms with van der Waals surface area (Å²) in [5.74, 6) is -0.663. The van der Waals surface area contributed by atoms with Gasteiger partial charge in [-0.3, -0.25) is 4.79 Å². The van der Waals surface area contributed by atoms with Crippen LogP contribution in [0, 0.1) is 0 Å². The van der Waals surface area contributed by atoms with Gasteiger partial charge < -0.3 is 5.32 Å². The van der Waals surface area contributed by atoms with Crippen molar-refractivity contribution >= 4 is 37.5 Å². The summed E-state index contributed by atoms with van der Waals surface area (Å²) in [7, 11) is -4.00. The second-order valence-electron chi connectivity index (χ2n) is 7.15. The van der Waals surface area contributed by atoms with Gasteiger partial charge >= 0.3 is 6.18 Å². The number of anilines is 1. The Morgan fingerprint density at radius 3 is 2.09 bits per heavy atom. The molecule has 0 spiro atoms. The lowest BCUT2D eigenvalue weighted by atomic mass is 10.1. The second kappa shape index (κ2) is 10.5. The second-order valence-corrected chi connectivity index (χ2v) is 10.0. The van der Waals surface area contributed by atoms with E-state index in [0.29, 0.717) is 10.9 Å². The van der Waals surface area contributed by atoms with E-state index < -0.39 is 34.2 Å². The van der Waals surface area contributed by atoms with Gasteiger partial charge in [0.25, 0.3) is 0 Å². The molecule has 3 rings (SSSR count). The highest BCUT2D eigenvalue weighted by Gasteiger charge is 2.30. The van der Waals surface area contributed by atoms with Gasteiger partial charge in [-0.15, -0.1) is 0 Å². The van der Waals surface area contributed by atoms with Crippen molar-refractivity contribution in [2.45, 2.75) is 17.5 Å². The number of halogens is 4. The van der Waals surface area contributed by atoms with E-state index in [-0.39, 0.29) is 17.1 Å². The highest BCUT2D eigenvalue weighted by molar-refractivity contribution is 9.10. The first kappa shape index (κ1) is 24.9. The van der Waals surface area contributed by atoms with E-state index in [4.69, 9.17) is 0 Å². The molecule has 0 saturated heterocycles. The summed E-state index contributed by atoms with van der Waals surface area (Å²) in [5, 5.41) is 2.46. The molecule has 0 saturated carbocycles. The number of alkyl halides is 3. The molecule has 3 aromatic carbocycles. The fourth-order valence-corrected chi connectivity index (χ4v) is 4.70. The minimum Gasteiger partial charge on any atom is -0.325 e. The summed E-state index contributed by atoms with van der Waals surface area (Å²) in [6.45, 7) is -0.449. The van der Waals surface area contributed by atoms with E-state index in [1.807, 2.05) is 30.3 Å². The summed E-state index contributed by atoms with van der Waals surface area (Å²) < 4.78 is 66.4. The number of benzene rings is 3. The largest absolute Gasteiger partial charge is 0.416 e. The quantitative estimate of drug-likeness (QED) is 0.419. The number of nitrogens with zero attached hydrogens (tertiary/aromatic N) is 1. The molecule has 0 aromatic heterocycles. The Hall–Kier alpha value is -2.69. The van der Waals surface area contributed by atoms with Crippen LogP contribution in [0.25, 0.3) is 0 Å². The van der Waals surface area contributed by atoms with Crippen LogP contribution in [0.15, 0.2) is 88.2 Å². The van der Waals surface area contributed by atoms with Gasteiger partial charge in [0.05, 0.1) is 17.0 Å². The Balaban J connectivity index is 1.78. The molecular weight excluding hydrogens is 521 g/mol. The van der Waals surface area contributed by atoms with Crippen LogP contribution in [0.2, 0.25) is 0 Å². The molecule has 5 nitrogen and oxygen atoms in total. The Morgan fingerprint density at radius 2 is 1.52 bits per heavy atom. The molecule has 0 fully saturated rings.